The number of rotatable bonds is 2. The van der Waals surface area contributed by atoms with Crippen molar-refractivity contribution in [1.82, 2.24) is 15.7 Å². The molecule has 0 saturated carbocycles. The van der Waals surface area contributed by atoms with Gasteiger partial charge >= 0.3 is 0 Å². The van der Waals surface area contributed by atoms with Gasteiger partial charge in [0.2, 0.25) is 11.6 Å². The van der Waals surface area contributed by atoms with Gasteiger partial charge in [-0.1, -0.05) is 0 Å². The molecule has 3 N–H and O–H groups in total. The average molecular weight is 254 g/mol. The molecular weight excluding hydrogens is 248 g/mol. The Morgan fingerprint density at radius 1 is 1.12 bits per heavy atom. The van der Waals surface area contributed by atoms with Gasteiger partial charge in [-0.2, -0.15) is 22.5 Å². The summed E-state index contributed by atoms with van der Waals surface area (Å²) in [6.07, 6.45) is 0. The lowest BCUT2D eigenvalue weighted by Gasteiger charge is -2.11. The maximum atomic E-state index is 13.0. The van der Waals surface area contributed by atoms with Gasteiger partial charge in [0.25, 0.3) is 11.9 Å². The number of nitrogens with one attached hydrogen (secondary N) is 3. The fourth-order valence-electron chi connectivity index (χ4n) is 0.778. The van der Waals surface area contributed by atoms with Gasteiger partial charge in [0.15, 0.2) is 5.11 Å². The summed E-state index contributed by atoms with van der Waals surface area (Å²) < 4.78 is 51.2. The molecular formula is C7H6F4N4S. The minimum atomic E-state index is -1.75. The van der Waals surface area contributed by atoms with Crippen molar-refractivity contribution in [3.63, 3.8) is 0 Å². The zero-order valence-corrected chi connectivity index (χ0v) is 8.68. The monoisotopic (exact) mass is 254 g/mol. The summed E-state index contributed by atoms with van der Waals surface area (Å²) in [4.78, 5) is 2.38. The summed E-state index contributed by atoms with van der Waals surface area (Å²) in [5, 5.41) is 2.40. The second-order valence-corrected chi connectivity index (χ2v) is 2.93. The van der Waals surface area contributed by atoms with Crippen molar-refractivity contribution in [3.8, 4) is 0 Å². The molecule has 1 aromatic heterocycles. The Kier molecular flexibility index (Phi) is 3.82. The summed E-state index contributed by atoms with van der Waals surface area (Å²) in [7, 11) is 1.44. The van der Waals surface area contributed by atoms with E-state index < -0.39 is 29.2 Å². The Morgan fingerprint density at radius 2 is 1.62 bits per heavy atom. The summed E-state index contributed by atoms with van der Waals surface area (Å²) in [5.41, 5.74) is 2.96. The number of pyridine rings is 1. The largest absolute Gasteiger partial charge is 0.364 e. The van der Waals surface area contributed by atoms with Gasteiger partial charge in [0.05, 0.1) is 0 Å². The summed E-state index contributed by atoms with van der Waals surface area (Å²) in [6.45, 7) is 0. The zero-order valence-electron chi connectivity index (χ0n) is 7.87. The van der Waals surface area contributed by atoms with Gasteiger partial charge in [0, 0.05) is 7.05 Å². The molecule has 0 radical (unpaired) electrons. The highest BCUT2D eigenvalue weighted by Gasteiger charge is 2.20. The molecule has 0 aliphatic rings. The van der Waals surface area contributed by atoms with Gasteiger partial charge in [-0.3, -0.25) is 10.9 Å². The number of hydrogen-bond acceptors (Lipinski definition) is 3. The Morgan fingerprint density at radius 3 is 2.06 bits per heavy atom. The fourth-order valence-corrected chi connectivity index (χ4v) is 0.830. The summed E-state index contributed by atoms with van der Waals surface area (Å²) >= 11 is 4.57. The van der Waals surface area contributed by atoms with Crippen molar-refractivity contribution in [1.29, 1.82) is 0 Å². The van der Waals surface area contributed by atoms with Gasteiger partial charge in [0.1, 0.15) is 5.69 Å². The van der Waals surface area contributed by atoms with Crippen LogP contribution in [-0.4, -0.2) is 17.1 Å². The van der Waals surface area contributed by atoms with Crippen LogP contribution in [0.5, 0.6) is 0 Å². The molecule has 0 atom stereocenters. The highest BCUT2D eigenvalue weighted by Crippen LogP contribution is 2.20. The van der Waals surface area contributed by atoms with Crippen LogP contribution in [0.2, 0.25) is 0 Å². The minimum absolute atomic E-state index is 0.0172. The topological polar surface area (TPSA) is 49.0 Å². The molecule has 0 amide bonds. The SMILES string of the molecule is CNC(=S)NNc1c(F)c(F)nc(F)c1F. The number of aromatic nitrogens is 1. The van der Waals surface area contributed by atoms with E-state index in [1.165, 1.54) is 7.05 Å². The number of hydrazine groups is 1. The molecule has 4 nitrogen and oxygen atoms in total. The van der Waals surface area contributed by atoms with E-state index in [2.05, 4.69) is 27.9 Å². The van der Waals surface area contributed by atoms with E-state index in [0.29, 0.717) is 0 Å². The molecule has 0 saturated heterocycles. The normalized spacial score (nSPS) is 9.81. The number of hydrogen-bond donors (Lipinski definition) is 3. The van der Waals surface area contributed by atoms with Crippen molar-refractivity contribution >= 4 is 23.0 Å². The summed E-state index contributed by atoms with van der Waals surface area (Å²) in [5.74, 6) is -6.80. The van der Waals surface area contributed by atoms with Crippen LogP contribution in [0.3, 0.4) is 0 Å². The van der Waals surface area contributed by atoms with Crippen LogP contribution in [0.4, 0.5) is 23.2 Å². The van der Waals surface area contributed by atoms with E-state index in [1.54, 1.807) is 0 Å². The molecule has 0 aliphatic carbocycles. The molecule has 0 aromatic carbocycles. The maximum Gasteiger partial charge on any atom is 0.254 e. The lowest BCUT2D eigenvalue weighted by atomic mass is 10.4. The molecule has 16 heavy (non-hydrogen) atoms. The van der Waals surface area contributed by atoms with Crippen LogP contribution < -0.4 is 16.2 Å². The second-order valence-electron chi connectivity index (χ2n) is 2.53. The van der Waals surface area contributed by atoms with E-state index in [9.17, 15) is 17.6 Å². The van der Waals surface area contributed by atoms with Crippen LogP contribution in [-0.2, 0) is 0 Å². The molecule has 1 heterocycles. The first-order chi connectivity index (χ1) is 7.47. The zero-order chi connectivity index (χ0) is 12.3. The molecule has 88 valence electrons. The van der Waals surface area contributed by atoms with Gasteiger partial charge in [-0.25, -0.2) is 0 Å². The second kappa shape index (κ2) is 4.92. The molecule has 1 aromatic rings. The molecule has 1 rings (SSSR count). The first-order valence-electron chi connectivity index (χ1n) is 3.91. The first-order valence-corrected chi connectivity index (χ1v) is 4.32. The van der Waals surface area contributed by atoms with E-state index in [-0.39, 0.29) is 5.11 Å². The molecule has 9 heteroatoms. The third-order valence-corrected chi connectivity index (χ3v) is 1.83. The Hall–Kier alpha value is -1.64. The van der Waals surface area contributed by atoms with E-state index in [4.69, 9.17) is 0 Å². The average Bonchev–Trinajstić information content (AvgIpc) is 2.26. The van der Waals surface area contributed by atoms with Crippen molar-refractivity contribution in [2.24, 2.45) is 0 Å². The van der Waals surface area contributed by atoms with Crippen molar-refractivity contribution < 1.29 is 17.6 Å². The van der Waals surface area contributed by atoms with Crippen LogP contribution in [0.15, 0.2) is 0 Å². The molecule has 0 aliphatic heterocycles. The Balaban J connectivity index is 2.99. The molecule has 0 fully saturated rings. The maximum absolute atomic E-state index is 13.0. The smallest absolute Gasteiger partial charge is 0.254 e. The van der Waals surface area contributed by atoms with Crippen molar-refractivity contribution in [3.05, 3.63) is 23.5 Å². The molecule has 0 bridgehead atoms. The van der Waals surface area contributed by atoms with E-state index in [1.807, 2.05) is 5.43 Å². The Labute approximate surface area is 93.0 Å². The van der Waals surface area contributed by atoms with Crippen LogP contribution in [0.1, 0.15) is 0 Å². The lowest BCUT2D eigenvalue weighted by molar-refractivity contribution is 0.410. The standard InChI is InChI=1S/C7H6F4N4S/c1-12-7(16)15-14-4-2(8)5(10)13-6(11)3(4)9/h1H3,(H,13,14)(H2,12,15,16). The minimum Gasteiger partial charge on any atom is -0.364 e. The van der Waals surface area contributed by atoms with Crippen LogP contribution >= 0.6 is 12.2 Å². The number of thiocarbonyl (C=S) groups is 1. The van der Waals surface area contributed by atoms with Gasteiger partial charge in [-0.15, -0.1) is 0 Å². The predicted octanol–water partition coefficient (Wildman–Crippen LogP) is 1.06. The number of halogens is 4. The third-order valence-electron chi connectivity index (χ3n) is 1.53. The first kappa shape index (κ1) is 12.4. The fraction of sp³-hybridized carbons (Fsp3) is 0.143. The van der Waals surface area contributed by atoms with E-state index in [0.717, 1.165) is 0 Å². The molecule has 0 spiro atoms. The van der Waals surface area contributed by atoms with Gasteiger partial charge in [-0.05, 0) is 12.2 Å². The lowest BCUT2D eigenvalue weighted by Crippen LogP contribution is -2.37. The van der Waals surface area contributed by atoms with E-state index >= 15 is 0 Å². The quantitative estimate of drug-likeness (QED) is 0.319. The highest BCUT2D eigenvalue weighted by molar-refractivity contribution is 7.80. The third kappa shape index (κ3) is 2.48. The summed E-state index contributed by atoms with van der Waals surface area (Å²) in [6, 6.07) is 0. The number of nitrogens with zero attached hydrogens (tertiary/aromatic N) is 1. The number of anilines is 1. The predicted molar refractivity (Wildman–Crippen MR) is 52.5 cm³/mol. The highest BCUT2D eigenvalue weighted by atomic mass is 32.1. The van der Waals surface area contributed by atoms with Gasteiger partial charge < -0.3 is 5.32 Å². The van der Waals surface area contributed by atoms with Crippen molar-refractivity contribution in [2.75, 3.05) is 12.5 Å². The van der Waals surface area contributed by atoms with Crippen molar-refractivity contribution in [2.45, 2.75) is 0 Å². The molecule has 0 unspecified atom stereocenters. The van der Waals surface area contributed by atoms with Crippen LogP contribution in [0, 0.1) is 23.5 Å². The Bertz CT molecular complexity index is 399. The van der Waals surface area contributed by atoms with Crippen LogP contribution in [0.25, 0.3) is 0 Å².